The van der Waals surface area contributed by atoms with E-state index in [0.717, 1.165) is 28.9 Å². The van der Waals surface area contributed by atoms with E-state index in [2.05, 4.69) is 16.2 Å². The number of alkyl halides is 3. The average Bonchev–Trinajstić information content (AvgIpc) is 2.49. The maximum atomic E-state index is 12.7. The lowest BCUT2D eigenvalue weighted by atomic mass is 10.1. The monoisotopic (exact) mass is 339 g/mol. The minimum absolute atomic E-state index is 0.260. The Kier molecular flexibility index (Phi) is 5.10. The molecular weight excluding hydrogens is 323 g/mol. The SMILES string of the molecule is Cc1cccc(NC(=S)NNc2cccc(C(F)(F)F)c2)c1C. The topological polar surface area (TPSA) is 36.1 Å². The van der Waals surface area contributed by atoms with Gasteiger partial charge in [-0.15, -0.1) is 0 Å². The number of hydrazine groups is 1. The van der Waals surface area contributed by atoms with Crippen LogP contribution in [0, 0.1) is 13.8 Å². The van der Waals surface area contributed by atoms with Gasteiger partial charge >= 0.3 is 6.18 Å². The minimum atomic E-state index is -4.38. The van der Waals surface area contributed by atoms with Crippen molar-refractivity contribution in [1.29, 1.82) is 0 Å². The predicted molar refractivity (Wildman–Crippen MR) is 90.3 cm³/mol. The summed E-state index contributed by atoms with van der Waals surface area (Å²) in [5.74, 6) is 0. The van der Waals surface area contributed by atoms with Gasteiger partial charge in [0.1, 0.15) is 0 Å². The maximum absolute atomic E-state index is 12.7. The first-order valence-corrected chi connectivity index (χ1v) is 7.24. The van der Waals surface area contributed by atoms with Crippen LogP contribution in [-0.4, -0.2) is 5.11 Å². The van der Waals surface area contributed by atoms with Gasteiger partial charge in [0.05, 0.1) is 11.3 Å². The average molecular weight is 339 g/mol. The number of anilines is 2. The largest absolute Gasteiger partial charge is 0.416 e. The molecule has 122 valence electrons. The smallest absolute Gasteiger partial charge is 0.331 e. The summed E-state index contributed by atoms with van der Waals surface area (Å²) in [5, 5.41) is 3.26. The van der Waals surface area contributed by atoms with Crippen LogP contribution in [0.15, 0.2) is 42.5 Å². The van der Waals surface area contributed by atoms with Crippen molar-refractivity contribution >= 4 is 28.7 Å². The van der Waals surface area contributed by atoms with Crippen molar-refractivity contribution < 1.29 is 13.2 Å². The third kappa shape index (κ3) is 4.59. The normalized spacial score (nSPS) is 11.0. The van der Waals surface area contributed by atoms with Crippen molar-refractivity contribution in [3.8, 4) is 0 Å². The molecule has 0 atom stereocenters. The molecule has 0 amide bonds. The molecule has 3 nitrogen and oxygen atoms in total. The quantitative estimate of drug-likeness (QED) is 0.563. The lowest BCUT2D eigenvalue weighted by molar-refractivity contribution is -0.137. The van der Waals surface area contributed by atoms with E-state index >= 15 is 0 Å². The fourth-order valence-electron chi connectivity index (χ4n) is 1.94. The van der Waals surface area contributed by atoms with Crippen molar-refractivity contribution in [3.05, 3.63) is 59.2 Å². The molecule has 0 saturated carbocycles. The van der Waals surface area contributed by atoms with E-state index in [4.69, 9.17) is 12.2 Å². The highest BCUT2D eigenvalue weighted by molar-refractivity contribution is 7.80. The molecule has 0 aliphatic rings. The highest BCUT2D eigenvalue weighted by Crippen LogP contribution is 2.30. The van der Waals surface area contributed by atoms with Gasteiger partial charge in [0, 0.05) is 5.69 Å². The van der Waals surface area contributed by atoms with Crippen molar-refractivity contribution in [2.75, 3.05) is 10.7 Å². The lowest BCUT2D eigenvalue weighted by Gasteiger charge is -2.15. The number of rotatable bonds is 3. The van der Waals surface area contributed by atoms with E-state index in [-0.39, 0.29) is 10.8 Å². The molecule has 2 rings (SSSR count). The summed E-state index contributed by atoms with van der Waals surface area (Å²) in [6, 6.07) is 10.6. The van der Waals surface area contributed by atoms with Crippen LogP contribution >= 0.6 is 12.2 Å². The minimum Gasteiger partial charge on any atom is -0.331 e. The number of aryl methyl sites for hydroxylation is 1. The van der Waals surface area contributed by atoms with Crippen LogP contribution in [-0.2, 0) is 6.18 Å². The molecule has 0 aliphatic heterocycles. The third-order valence-corrected chi connectivity index (χ3v) is 3.57. The van der Waals surface area contributed by atoms with E-state index in [0.29, 0.717) is 0 Å². The number of thiocarbonyl (C=S) groups is 1. The van der Waals surface area contributed by atoms with Crippen LogP contribution in [0.5, 0.6) is 0 Å². The Labute approximate surface area is 137 Å². The van der Waals surface area contributed by atoms with Crippen LogP contribution in [0.4, 0.5) is 24.5 Å². The van der Waals surface area contributed by atoms with Crippen molar-refractivity contribution in [1.82, 2.24) is 5.43 Å². The molecule has 0 saturated heterocycles. The predicted octanol–water partition coefficient (Wildman–Crippen LogP) is 4.64. The second-order valence-electron chi connectivity index (χ2n) is 5.03. The summed E-state index contributed by atoms with van der Waals surface area (Å²) in [6.45, 7) is 3.94. The van der Waals surface area contributed by atoms with Gasteiger partial charge in [0.15, 0.2) is 5.11 Å². The van der Waals surface area contributed by atoms with E-state index in [9.17, 15) is 13.2 Å². The number of hydrogen-bond donors (Lipinski definition) is 3. The van der Waals surface area contributed by atoms with Crippen molar-refractivity contribution in [3.63, 3.8) is 0 Å². The van der Waals surface area contributed by atoms with E-state index in [1.807, 2.05) is 32.0 Å². The Hall–Kier alpha value is -2.28. The zero-order chi connectivity index (χ0) is 17.0. The van der Waals surface area contributed by atoms with Gasteiger partial charge in [-0.2, -0.15) is 13.2 Å². The Morgan fingerprint density at radius 3 is 2.43 bits per heavy atom. The molecule has 0 spiro atoms. The van der Waals surface area contributed by atoms with Crippen LogP contribution in [0.25, 0.3) is 0 Å². The zero-order valence-corrected chi connectivity index (χ0v) is 13.4. The molecule has 23 heavy (non-hydrogen) atoms. The molecule has 0 fully saturated rings. The molecule has 0 heterocycles. The number of benzene rings is 2. The Morgan fingerprint density at radius 1 is 1.04 bits per heavy atom. The van der Waals surface area contributed by atoms with Gasteiger partial charge in [-0.25, -0.2) is 0 Å². The van der Waals surface area contributed by atoms with Crippen molar-refractivity contribution in [2.24, 2.45) is 0 Å². The molecular formula is C16H16F3N3S. The number of nitrogens with one attached hydrogen (secondary N) is 3. The van der Waals surface area contributed by atoms with Crippen LogP contribution in [0.1, 0.15) is 16.7 Å². The molecule has 0 aromatic heterocycles. The standard InChI is InChI=1S/C16H16F3N3S/c1-10-5-3-8-14(11(10)2)20-15(23)22-21-13-7-4-6-12(9-13)16(17,18)19/h3-9,21H,1-2H3,(H2,20,22,23). The second kappa shape index (κ2) is 6.87. The summed E-state index contributed by atoms with van der Waals surface area (Å²) in [4.78, 5) is 0. The van der Waals surface area contributed by atoms with Crippen LogP contribution < -0.4 is 16.2 Å². The highest BCUT2D eigenvalue weighted by atomic mass is 32.1. The molecule has 3 N–H and O–H groups in total. The fraction of sp³-hybridized carbons (Fsp3) is 0.188. The Balaban J connectivity index is 1.98. The summed E-state index contributed by atoms with van der Waals surface area (Å²) in [5.41, 5.74) is 7.88. The molecule has 7 heteroatoms. The van der Waals surface area contributed by atoms with Gasteiger partial charge in [0.2, 0.25) is 0 Å². The first-order chi connectivity index (χ1) is 10.8. The highest BCUT2D eigenvalue weighted by Gasteiger charge is 2.30. The molecule has 2 aromatic carbocycles. The molecule has 0 aliphatic carbocycles. The molecule has 0 unspecified atom stereocenters. The number of halogens is 3. The summed E-state index contributed by atoms with van der Waals surface area (Å²) in [6.07, 6.45) is -4.38. The Morgan fingerprint density at radius 2 is 1.74 bits per heavy atom. The van der Waals surface area contributed by atoms with Crippen LogP contribution in [0.3, 0.4) is 0 Å². The first kappa shape index (κ1) is 17.1. The second-order valence-corrected chi connectivity index (χ2v) is 5.44. The molecule has 2 aromatic rings. The van der Waals surface area contributed by atoms with Gasteiger partial charge in [0.25, 0.3) is 0 Å². The van der Waals surface area contributed by atoms with E-state index in [1.165, 1.54) is 12.1 Å². The van der Waals surface area contributed by atoms with Gasteiger partial charge in [-0.05, 0) is 61.5 Å². The summed E-state index contributed by atoms with van der Waals surface area (Å²) in [7, 11) is 0. The Bertz CT molecular complexity index is 714. The number of hydrogen-bond acceptors (Lipinski definition) is 2. The zero-order valence-electron chi connectivity index (χ0n) is 12.6. The van der Waals surface area contributed by atoms with Gasteiger partial charge < -0.3 is 5.32 Å². The first-order valence-electron chi connectivity index (χ1n) is 6.84. The molecule has 0 radical (unpaired) electrons. The van der Waals surface area contributed by atoms with E-state index < -0.39 is 11.7 Å². The third-order valence-electron chi connectivity index (χ3n) is 3.36. The van der Waals surface area contributed by atoms with Gasteiger partial charge in [-0.3, -0.25) is 10.9 Å². The summed E-state index contributed by atoms with van der Waals surface area (Å²) >= 11 is 5.14. The maximum Gasteiger partial charge on any atom is 0.416 e. The van der Waals surface area contributed by atoms with E-state index in [1.54, 1.807) is 0 Å². The fourth-order valence-corrected chi connectivity index (χ4v) is 2.10. The van der Waals surface area contributed by atoms with Crippen LogP contribution in [0.2, 0.25) is 0 Å². The summed E-state index contributed by atoms with van der Waals surface area (Å²) < 4.78 is 38.0. The molecule has 0 bridgehead atoms. The van der Waals surface area contributed by atoms with Gasteiger partial charge in [-0.1, -0.05) is 18.2 Å². The van der Waals surface area contributed by atoms with Crippen molar-refractivity contribution in [2.45, 2.75) is 20.0 Å². The lowest BCUT2D eigenvalue weighted by Crippen LogP contribution is -2.33.